The lowest BCUT2D eigenvalue weighted by atomic mass is 10.1. The summed E-state index contributed by atoms with van der Waals surface area (Å²) in [5.74, 6) is 0.0977. The van der Waals surface area contributed by atoms with E-state index in [1.54, 1.807) is 18.0 Å². The maximum Gasteiger partial charge on any atom is 0.226 e. The van der Waals surface area contributed by atoms with Crippen LogP contribution in [0.15, 0.2) is 22.7 Å². The number of carbonyl (C=O) groups excluding carboxylic acids is 1. The molecule has 0 N–H and O–H groups in total. The molecule has 0 aliphatic rings. The summed E-state index contributed by atoms with van der Waals surface area (Å²) in [5, 5.41) is 0.638. The predicted octanol–water partition coefficient (Wildman–Crippen LogP) is 3.12. The van der Waals surface area contributed by atoms with E-state index in [9.17, 15) is 4.79 Å². The summed E-state index contributed by atoms with van der Waals surface area (Å²) >= 11 is 9.32. The molecule has 0 aliphatic carbocycles. The Morgan fingerprint density at radius 1 is 1.53 bits per heavy atom. The highest BCUT2D eigenvalue weighted by molar-refractivity contribution is 9.10. The Hall–Kier alpha value is -0.540. The number of hydrogen-bond acceptors (Lipinski definition) is 1. The molecule has 0 fully saturated rings. The minimum absolute atomic E-state index is 0.0977. The van der Waals surface area contributed by atoms with Crippen molar-refractivity contribution in [3.63, 3.8) is 0 Å². The molecule has 15 heavy (non-hydrogen) atoms. The van der Waals surface area contributed by atoms with Crippen LogP contribution in [0.25, 0.3) is 0 Å². The van der Waals surface area contributed by atoms with Gasteiger partial charge >= 0.3 is 0 Å². The van der Waals surface area contributed by atoms with Gasteiger partial charge in [-0.05, 0) is 34.5 Å². The van der Waals surface area contributed by atoms with Gasteiger partial charge in [-0.3, -0.25) is 4.79 Å². The highest BCUT2D eigenvalue weighted by Gasteiger charge is 2.11. The molecule has 1 rings (SSSR count). The third-order valence-electron chi connectivity index (χ3n) is 2.27. The molecule has 2 nitrogen and oxygen atoms in total. The molecule has 0 radical (unpaired) electrons. The summed E-state index contributed by atoms with van der Waals surface area (Å²) in [4.78, 5) is 13.4. The fraction of sp³-hybridized carbons (Fsp3) is 0.364. The standard InChI is InChI=1S/C11H13BrClNO/c1-3-14(2)10(15)7-8-5-4-6-9(13)11(8)12/h4-6H,3,7H2,1-2H3. The summed E-state index contributed by atoms with van der Waals surface area (Å²) in [6.45, 7) is 2.67. The first-order chi connectivity index (χ1) is 7.06. The first-order valence-corrected chi connectivity index (χ1v) is 5.90. The van der Waals surface area contributed by atoms with E-state index in [1.165, 1.54) is 0 Å². The van der Waals surface area contributed by atoms with Gasteiger partial charge in [0.25, 0.3) is 0 Å². The number of likely N-dealkylation sites (N-methyl/N-ethyl adjacent to an activating group) is 1. The molecule has 0 aliphatic heterocycles. The second-order valence-corrected chi connectivity index (χ2v) is 4.50. The van der Waals surface area contributed by atoms with E-state index in [2.05, 4.69) is 15.9 Å². The van der Waals surface area contributed by atoms with Gasteiger partial charge in [0.2, 0.25) is 5.91 Å². The predicted molar refractivity (Wildman–Crippen MR) is 66.2 cm³/mol. The van der Waals surface area contributed by atoms with Crippen LogP contribution in [0.1, 0.15) is 12.5 Å². The molecule has 0 saturated heterocycles. The minimum atomic E-state index is 0.0977. The lowest BCUT2D eigenvalue weighted by Gasteiger charge is -2.15. The van der Waals surface area contributed by atoms with Gasteiger partial charge in [0, 0.05) is 18.1 Å². The summed E-state index contributed by atoms with van der Waals surface area (Å²) in [5.41, 5.74) is 0.924. The fourth-order valence-corrected chi connectivity index (χ4v) is 1.76. The molecular formula is C11H13BrClNO. The first kappa shape index (κ1) is 12.5. The van der Waals surface area contributed by atoms with Crippen LogP contribution >= 0.6 is 27.5 Å². The van der Waals surface area contributed by atoms with Crippen LogP contribution in [0.3, 0.4) is 0 Å². The van der Waals surface area contributed by atoms with Gasteiger partial charge in [-0.1, -0.05) is 23.7 Å². The molecule has 0 spiro atoms. The number of benzene rings is 1. The van der Waals surface area contributed by atoms with Gasteiger partial charge in [0.15, 0.2) is 0 Å². The number of amides is 1. The Morgan fingerprint density at radius 2 is 2.20 bits per heavy atom. The van der Waals surface area contributed by atoms with Gasteiger partial charge in [0.05, 0.1) is 11.4 Å². The van der Waals surface area contributed by atoms with Gasteiger partial charge in [0.1, 0.15) is 0 Å². The Kier molecular flexibility index (Phi) is 4.61. The third-order valence-corrected chi connectivity index (χ3v) is 3.75. The average molecular weight is 291 g/mol. The van der Waals surface area contributed by atoms with Crippen LogP contribution < -0.4 is 0 Å². The summed E-state index contributed by atoms with van der Waals surface area (Å²) in [6, 6.07) is 5.54. The molecule has 0 bridgehead atoms. The third kappa shape index (κ3) is 3.21. The van der Waals surface area contributed by atoms with Crippen molar-refractivity contribution in [2.45, 2.75) is 13.3 Å². The molecule has 4 heteroatoms. The zero-order chi connectivity index (χ0) is 11.4. The zero-order valence-corrected chi connectivity index (χ0v) is 11.1. The molecule has 82 valence electrons. The van der Waals surface area contributed by atoms with Crippen molar-refractivity contribution in [3.05, 3.63) is 33.3 Å². The van der Waals surface area contributed by atoms with Crippen LogP contribution in [0.2, 0.25) is 5.02 Å². The van der Waals surface area contributed by atoms with Crippen LogP contribution in [-0.2, 0) is 11.2 Å². The quantitative estimate of drug-likeness (QED) is 0.837. The van der Waals surface area contributed by atoms with E-state index in [1.807, 2.05) is 19.1 Å². The van der Waals surface area contributed by atoms with E-state index in [4.69, 9.17) is 11.6 Å². The maximum atomic E-state index is 11.7. The first-order valence-electron chi connectivity index (χ1n) is 4.73. The van der Waals surface area contributed by atoms with Gasteiger partial charge in [-0.25, -0.2) is 0 Å². The highest BCUT2D eigenvalue weighted by Crippen LogP contribution is 2.26. The van der Waals surface area contributed by atoms with Crippen molar-refractivity contribution in [2.24, 2.45) is 0 Å². The molecule has 0 atom stereocenters. The van der Waals surface area contributed by atoms with Gasteiger partial charge < -0.3 is 4.90 Å². The summed E-state index contributed by atoms with van der Waals surface area (Å²) in [7, 11) is 1.79. The Balaban J connectivity index is 2.81. The summed E-state index contributed by atoms with van der Waals surface area (Å²) < 4.78 is 0.810. The minimum Gasteiger partial charge on any atom is -0.346 e. The molecule has 1 aromatic rings. The van der Waals surface area contributed by atoms with Crippen molar-refractivity contribution in [1.29, 1.82) is 0 Å². The van der Waals surface area contributed by atoms with Crippen LogP contribution in [0.5, 0.6) is 0 Å². The van der Waals surface area contributed by atoms with Crippen molar-refractivity contribution in [2.75, 3.05) is 13.6 Å². The van der Waals surface area contributed by atoms with E-state index < -0.39 is 0 Å². The second kappa shape index (κ2) is 5.52. The number of halogens is 2. The maximum absolute atomic E-state index is 11.7. The number of rotatable bonds is 3. The number of carbonyl (C=O) groups is 1. The smallest absolute Gasteiger partial charge is 0.226 e. The number of nitrogens with zero attached hydrogens (tertiary/aromatic N) is 1. The Morgan fingerprint density at radius 3 is 2.80 bits per heavy atom. The number of hydrogen-bond donors (Lipinski definition) is 0. The van der Waals surface area contributed by atoms with Crippen LogP contribution in [0.4, 0.5) is 0 Å². The normalized spacial score (nSPS) is 10.1. The van der Waals surface area contributed by atoms with Gasteiger partial charge in [-0.2, -0.15) is 0 Å². The monoisotopic (exact) mass is 289 g/mol. The lowest BCUT2D eigenvalue weighted by molar-refractivity contribution is -0.128. The van der Waals surface area contributed by atoms with Crippen molar-refractivity contribution >= 4 is 33.4 Å². The average Bonchev–Trinajstić information content (AvgIpc) is 2.23. The topological polar surface area (TPSA) is 20.3 Å². The Labute approximate surface area is 103 Å². The molecule has 0 saturated carbocycles. The lowest BCUT2D eigenvalue weighted by Crippen LogP contribution is -2.27. The molecular weight excluding hydrogens is 277 g/mol. The van der Waals surface area contributed by atoms with E-state index in [0.717, 1.165) is 16.6 Å². The SMILES string of the molecule is CCN(C)C(=O)Cc1cccc(Cl)c1Br. The van der Waals surface area contributed by atoms with E-state index >= 15 is 0 Å². The van der Waals surface area contributed by atoms with Crippen molar-refractivity contribution in [3.8, 4) is 0 Å². The van der Waals surface area contributed by atoms with E-state index in [-0.39, 0.29) is 5.91 Å². The van der Waals surface area contributed by atoms with Crippen LogP contribution in [0, 0.1) is 0 Å². The Bertz CT molecular complexity index is 368. The van der Waals surface area contributed by atoms with Crippen molar-refractivity contribution < 1.29 is 4.79 Å². The largest absolute Gasteiger partial charge is 0.346 e. The molecule has 0 aromatic heterocycles. The van der Waals surface area contributed by atoms with Crippen LogP contribution in [-0.4, -0.2) is 24.4 Å². The fourth-order valence-electron chi connectivity index (χ4n) is 1.16. The molecule has 0 heterocycles. The van der Waals surface area contributed by atoms with Crippen molar-refractivity contribution in [1.82, 2.24) is 4.90 Å². The van der Waals surface area contributed by atoms with Gasteiger partial charge in [-0.15, -0.1) is 0 Å². The summed E-state index contributed by atoms with van der Waals surface area (Å²) in [6.07, 6.45) is 0.380. The molecule has 1 amide bonds. The molecule has 0 unspecified atom stereocenters. The zero-order valence-electron chi connectivity index (χ0n) is 8.76. The second-order valence-electron chi connectivity index (χ2n) is 3.30. The molecule has 1 aromatic carbocycles. The van der Waals surface area contributed by atoms with E-state index in [0.29, 0.717) is 11.4 Å². The highest BCUT2D eigenvalue weighted by atomic mass is 79.9.